The summed E-state index contributed by atoms with van der Waals surface area (Å²) in [5, 5.41) is 0. The fourth-order valence-electron chi connectivity index (χ4n) is 4.05. The second-order valence-corrected chi connectivity index (χ2v) is 7.14. The lowest BCUT2D eigenvalue weighted by molar-refractivity contribution is -0.160. The number of hydrogen-bond acceptors (Lipinski definition) is 4. The first-order valence-electron chi connectivity index (χ1n) is 9.16. The number of benzene rings is 1. The van der Waals surface area contributed by atoms with E-state index in [0.717, 1.165) is 43.6 Å². The highest BCUT2D eigenvalue weighted by Gasteiger charge is 2.37. The van der Waals surface area contributed by atoms with Crippen molar-refractivity contribution in [1.29, 1.82) is 0 Å². The molecule has 0 radical (unpaired) electrons. The van der Waals surface area contributed by atoms with Gasteiger partial charge in [0.2, 0.25) is 0 Å². The average Bonchev–Trinajstić information content (AvgIpc) is 2.68. The number of pyridine rings is 1. The first-order chi connectivity index (χ1) is 12.3. The summed E-state index contributed by atoms with van der Waals surface area (Å²) >= 11 is 0. The number of nitrogens with zero attached hydrogens (tertiary/aromatic N) is 2. The van der Waals surface area contributed by atoms with Crippen LogP contribution in [0.3, 0.4) is 0 Å². The zero-order chi connectivity index (χ0) is 17.1. The van der Waals surface area contributed by atoms with Crippen LogP contribution in [0.1, 0.15) is 29.9 Å². The van der Waals surface area contributed by atoms with E-state index in [-0.39, 0.29) is 18.0 Å². The normalized spacial score (nSPS) is 26.2. The molecule has 5 rings (SSSR count). The summed E-state index contributed by atoms with van der Waals surface area (Å²) < 4.78 is 6.01. The molecule has 0 spiro atoms. The molecule has 2 bridgehead atoms. The lowest BCUT2D eigenvalue weighted by Gasteiger charge is -2.44. The predicted octanol–water partition coefficient (Wildman–Crippen LogP) is 3.05. The third kappa shape index (κ3) is 3.74. The fourth-order valence-corrected chi connectivity index (χ4v) is 4.05. The van der Waals surface area contributed by atoms with Crippen molar-refractivity contribution >= 4 is 5.97 Å². The van der Waals surface area contributed by atoms with E-state index in [1.165, 1.54) is 0 Å². The lowest BCUT2D eigenvalue weighted by Crippen LogP contribution is -2.52. The van der Waals surface area contributed by atoms with Crippen LogP contribution in [0, 0.1) is 5.92 Å². The zero-order valence-corrected chi connectivity index (χ0v) is 14.4. The van der Waals surface area contributed by atoms with E-state index in [1.807, 2.05) is 48.7 Å². The van der Waals surface area contributed by atoms with Gasteiger partial charge < -0.3 is 4.74 Å². The van der Waals surface area contributed by atoms with Crippen LogP contribution >= 0.6 is 0 Å². The number of piperidine rings is 3. The van der Waals surface area contributed by atoms with Crippen LogP contribution in [0.4, 0.5) is 0 Å². The van der Waals surface area contributed by atoms with Crippen molar-refractivity contribution in [3.63, 3.8) is 0 Å². The van der Waals surface area contributed by atoms with Crippen molar-refractivity contribution in [2.45, 2.75) is 31.3 Å². The summed E-state index contributed by atoms with van der Waals surface area (Å²) in [6, 6.07) is 13.9. The number of ether oxygens (including phenoxy) is 1. The van der Waals surface area contributed by atoms with Gasteiger partial charge in [-0.1, -0.05) is 36.4 Å². The third-order valence-electron chi connectivity index (χ3n) is 5.51. The molecule has 130 valence electrons. The molecule has 3 aliphatic rings. The molecule has 3 saturated heterocycles. The molecular weight excluding hydrogens is 312 g/mol. The van der Waals surface area contributed by atoms with Crippen LogP contribution in [-0.2, 0) is 16.0 Å². The number of rotatable bonds is 5. The van der Waals surface area contributed by atoms with Crippen LogP contribution in [0.25, 0.3) is 0 Å². The summed E-state index contributed by atoms with van der Waals surface area (Å²) in [4.78, 5) is 19.6. The van der Waals surface area contributed by atoms with Gasteiger partial charge in [-0.15, -0.1) is 0 Å². The van der Waals surface area contributed by atoms with Gasteiger partial charge in [0.05, 0.1) is 5.92 Å². The molecule has 0 amide bonds. The molecule has 25 heavy (non-hydrogen) atoms. The predicted molar refractivity (Wildman–Crippen MR) is 96.2 cm³/mol. The minimum Gasteiger partial charge on any atom is -0.460 e. The van der Waals surface area contributed by atoms with Crippen LogP contribution < -0.4 is 0 Å². The Balaban J connectivity index is 1.52. The van der Waals surface area contributed by atoms with Gasteiger partial charge in [0.25, 0.3) is 0 Å². The number of fused-ring (bicyclic) bond motifs is 3. The highest BCUT2D eigenvalue weighted by atomic mass is 16.5. The maximum Gasteiger partial charge on any atom is 0.314 e. The van der Waals surface area contributed by atoms with E-state index >= 15 is 0 Å². The molecular formula is C21H24N2O2. The second kappa shape index (κ2) is 7.36. The van der Waals surface area contributed by atoms with Crippen LogP contribution in [0.15, 0.2) is 54.9 Å². The van der Waals surface area contributed by atoms with Crippen molar-refractivity contribution in [3.05, 3.63) is 66.0 Å². The highest BCUT2D eigenvalue weighted by Crippen LogP contribution is 2.31. The van der Waals surface area contributed by atoms with Gasteiger partial charge in [-0.25, -0.2) is 0 Å². The van der Waals surface area contributed by atoms with Crippen molar-refractivity contribution in [2.24, 2.45) is 5.92 Å². The first kappa shape index (κ1) is 16.3. The van der Waals surface area contributed by atoms with E-state index in [2.05, 4.69) is 9.88 Å². The molecule has 1 unspecified atom stereocenters. The largest absolute Gasteiger partial charge is 0.460 e. The van der Waals surface area contributed by atoms with Gasteiger partial charge in [0.15, 0.2) is 0 Å². The number of esters is 1. The van der Waals surface area contributed by atoms with Crippen molar-refractivity contribution in [2.75, 3.05) is 19.6 Å². The molecule has 4 heterocycles. The van der Waals surface area contributed by atoms with Crippen molar-refractivity contribution < 1.29 is 9.53 Å². The molecule has 0 aliphatic carbocycles. The number of hydrogen-bond donors (Lipinski definition) is 0. The van der Waals surface area contributed by atoms with Gasteiger partial charge in [0.1, 0.15) is 6.10 Å². The minimum absolute atomic E-state index is 0.0510. The summed E-state index contributed by atoms with van der Waals surface area (Å²) in [5.74, 6) is 0.151. The summed E-state index contributed by atoms with van der Waals surface area (Å²) in [6.45, 7) is 3.19. The highest BCUT2D eigenvalue weighted by molar-refractivity contribution is 5.78. The van der Waals surface area contributed by atoms with Crippen LogP contribution in [0.5, 0.6) is 0 Å². The van der Waals surface area contributed by atoms with E-state index in [1.54, 1.807) is 6.20 Å². The SMILES string of the molecule is O=C(O[C@H]1CN2CCC1CC2)C(Cc1cccnc1)c1ccccc1. The van der Waals surface area contributed by atoms with Crippen molar-refractivity contribution in [3.8, 4) is 0 Å². The number of carbonyl (C=O) groups is 1. The topological polar surface area (TPSA) is 42.4 Å². The molecule has 2 aromatic rings. The van der Waals surface area contributed by atoms with Gasteiger partial charge in [0, 0.05) is 18.9 Å². The Bertz CT molecular complexity index is 696. The summed E-state index contributed by atoms with van der Waals surface area (Å²) in [5.41, 5.74) is 2.07. The molecule has 4 heteroatoms. The average molecular weight is 336 g/mol. The Morgan fingerprint density at radius 1 is 1.16 bits per heavy atom. The quantitative estimate of drug-likeness (QED) is 0.787. The zero-order valence-electron chi connectivity index (χ0n) is 14.4. The number of carbonyl (C=O) groups excluding carboxylic acids is 1. The smallest absolute Gasteiger partial charge is 0.314 e. The molecule has 0 saturated carbocycles. The second-order valence-electron chi connectivity index (χ2n) is 7.14. The van der Waals surface area contributed by atoms with Gasteiger partial charge in [-0.2, -0.15) is 0 Å². The van der Waals surface area contributed by atoms with Crippen LogP contribution in [0.2, 0.25) is 0 Å². The maximum atomic E-state index is 13.0. The van der Waals surface area contributed by atoms with E-state index in [9.17, 15) is 4.79 Å². The lowest BCUT2D eigenvalue weighted by atomic mass is 9.85. The summed E-state index contributed by atoms with van der Waals surface area (Å²) in [7, 11) is 0. The maximum absolute atomic E-state index is 13.0. The summed E-state index contributed by atoms with van der Waals surface area (Å²) in [6.07, 6.45) is 6.56. The Morgan fingerprint density at radius 2 is 1.96 bits per heavy atom. The monoisotopic (exact) mass is 336 g/mol. The fraction of sp³-hybridized carbons (Fsp3) is 0.429. The Hall–Kier alpha value is -2.20. The third-order valence-corrected chi connectivity index (χ3v) is 5.51. The number of aromatic nitrogens is 1. The van der Waals surface area contributed by atoms with Gasteiger partial charge in [-0.3, -0.25) is 14.7 Å². The first-order valence-corrected chi connectivity index (χ1v) is 9.16. The molecule has 1 aromatic carbocycles. The molecule has 3 aliphatic heterocycles. The van der Waals surface area contributed by atoms with Crippen molar-refractivity contribution in [1.82, 2.24) is 9.88 Å². The Kier molecular flexibility index (Phi) is 4.79. The minimum atomic E-state index is -0.277. The molecule has 1 aromatic heterocycles. The molecule has 4 nitrogen and oxygen atoms in total. The van der Waals surface area contributed by atoms with E-state index in [4.69, 9.17) is 4.74 Å². The van der Waals surface area contributed by atoms with Gasteiger partial charge in [-0.05, 0) is 55.5 Å². The van der Waals surface area contributed by atoms with Gasteiger partial charge >= 0.3 is 5.97 Å². The van der Waals surface area contributed by atoms with Crippen LogP contribution in [-0.4, -0.2) is 41.6 Å². The van der Waals surface area contributed by atoms with E-state index < -0.39 is 0 Å². The Labute approximate surface area is 148 Å². The molecule has 2 atom stereocenters. The molecule has 0 N–H and O–H groups in total. The molecule has 3 fully saturated rings. The Morgan fingerprint density at radius 3 is 2.60 bits per heavy atom. The van der Waals surface area contributed by atoms with E-state index in [0.29, 0.717) is 12.3 Å². The standard InChI is InChI=1S/C21H24N2O2/c24-21(25-20-15-23-11-8-18(20)9-12-23)19(17-6-2-1-3-7-17)13-16-5-4-10-22-14-16/h1-7,10,14,18-20H,8-9,11-13,15H2/t19?,20-/m0/s1.